The van der Waals surface area contributed by atoms with Gasteiger partial charge in [0.25, 0.3) is 0 Å². The molecule has 4 heteroatoms. The zero-order valence-electron chi connectivity index (χ0n) is 7.42. The van der Waals surface area contributed by atoms with Crippen LogP contribution in [0.15, 0.2) is 12.1 Å². The van der Waals surface area contributed by atoms with E-state index in [0.717, 1.165) is 4.34 Å². The Kier molecular flexibility index (Phi) is 3.19. The first-order valence-corrected chi connectivity index (χ1v) is 6.67. The lowest BCUT2D eigenvalue weighted by molar-refractivity contribution is 0.564. The fourth-order valence-electron chi connectivity index (χ4n) is 1.39. The summed E-state index contributed by atoms with van der Waals surface area (Å²) < 4.78 is 0.886. The van der Waals surface area contributed by atoms with Crippen LogP contribution < -0.4 is 5.32 Å². The van der Waals surface area contributed by atoms with Crippen LogP contribution in [0.4, 0.5) is 0 Å². The molecule has 0 aliphatic carbocycles. The molecule has 1 aliphatic heterocycles. The molecule has 2 heterocycles. The molecule has 2 atom stereocenters. The van der Waals surface area contributed by atoms with E-state index in [1.54, 1.807) is 11.3 Å². The van der Waals surface area contributed by atoms with E-state index in [0.29, 0.717) is 11.4 Å². The van der Waals surface area contributed by atoms with Crippen LogP contribution in [0, 0.1) is 0 Å². The van der Waals surface area contributed by atoms with Gasteiger partial charge in [-0.3, -0.25) is 5.32 Å². The molecule has 1 aromatic heterocycles. The van der Waals surface area contributed by atoms with Crippen LogP contribution in [0.25, 0.3) is 0 Å². The Bertz CT molecular complexity index is 287. The summed E-state index contributed by atoms with van der Waals surface area (Å²) in [5.41, 5.74) is 0. The van der Waals surface area contributed by atoms with E-state index in [9.17, 15) is 0 Å². The fourth-order valence-corrected chi connectivity index (χ4v) is 4.03. The molecular formula is C9H12ClNS2. The topological polar surface area (TPSA) is 12.0 Å². The number of nitrogens with one attached hydrogen (secondary N) is 1. The zero-order valence-corrected chi connectivity index (χ0v) is 9.81. The van der Waals surface area contributed by atoms with Crippen molar-refractivity contribution in [3.05, 3.63) is 21.3 Å². The fraction of sp³-hybridized carbons (Fsp3) is 0.556. The summed E-state index contributed by atoms with van der Waals surface area (Å²) in [6.45, 7) is 2.22. The quantitative estimate of drug-likeness (QED) is 0.839. The molecule has 1 fully saturated rings. The maximum atomic E-state index is 5.89. The number of hydrogen-bond acceptors (Lipinski definition) is 3. The monoisotopic (exact) mass is 233 g/mol. The van der Waals surface area contributed by atoms with Crippen LogP contribution in [0.1, 0.15) is 23.6 Å². The molecule has 0 amide bonds. The molecule has 0 bridgehead atoms. The normalized spacial score (nSPS) is 28.2. The molecule has 1 nitrogen and oxygen atoms in total. The predicted molar refractivity (Wildman–Crippen MR) is 61.7 cm³/mol. The third-order valence-electron chi connectivity index (χ3n) is 2.20. The molecule has 72 valence electrons. The second-order valence-electron chi connectivity index (χ2n) is 3.13. The summed E-state index contributed by atoms with van der Waals surface area (Å²) in [6.07, 6.45) is 1.21. The standard InChI is InChI=1S/C9H12ClNS2/c1-2-6-5-12-9(11-6)7-3-4-8(10)13-7/h3-4,6,9,11H,2,5H2,1H3. The SMILES string of the molecule is CCC1CSC(c2ccc(Cl)s2)N1. The molecule has 13 heavy (non-hydrogen) atoms. The van der Waals surface area contributed by atoms with Crippen LogP contribution in [0.3, 0.4) is 0 Å². The number of rotatable bonds is 2. The molecule has 0 aromatic carbocycles. The van der Waals surface area contributed by atoms with Gasteiger partial charge in [0.1, 0.15) is 0 Å². The van der Waals surface area contributed by atoms with Crippen molar-refractivity contribution in [3.8, 4) is 0 Å². The van der Waals surface area contributed by atoms with Crippen molar-refractivity contribution in [1.82, 2.24) is 5.32 Å². The summed E-state index contributed by atoms with van der Waals surface area (Å²) in [6, 6.07) is 4.77. The van der Waals surface area contributed by atoms with E-state index < -0.39 is 0 Å². The van der Waals surface area contributed by atoms with Gasteiger partial charge in [0.05, 0.1) is 9.71 Å². The Morgan fingerprint density at radius 3 is 3.00 bits per heavy atom. The average molecular weight is 234 g/mol. The average Bonchev–Trinajstić information content (AvgIpc) is 2.71. The first-order chi connectivity index (χ1) is 6.29. The van der Waals surface area contributed by atoms with E-state index in [1.807, 2.05) is 17.8 Å². The number of thiophene rings is 1. The van der Waals surface area contributed by atoms with E-state index >= 15 is 0 Å². The van der Waals surface area contributed by atoms with Crippen LogP contribution in [0.5, 0.6) is 0 Å². The van der Waals surface area contributed by atoms with Gasteiger partial charge >= 0.3 is 0 Å². The lowest BCUT2D eigenvalue weighted by atomic mass is 10.2. The van der Waals surface area contributed by atoms with Crippen LogP contribution in [0.2, 0.25) is 4.34 Å². The predicted octanol–water partition coefficient (Wildman–Crippen LogP) is 3.52. The van der Waals surface area contributed by atoms with Gasteiger partial charge < -0.3 is 0 Å². The maximum absolute atomic E-state index is 5.89. The van der Waals surface area contributed by atoms with E-state index in [-0.39, 0.29) is 0 Å². The van der Waals surface area contributed by atoms with Gasteiger partial charge in [0, 0.05) is 16.7 Å². The Hall–Kier alpha value is 0.300. The lowest BCUT2D eigenvalue weighted by Gasteiger charge is -2.09. The smallest absolute Gasteiger partial charge is 0.0932 e. The summed E-state index contributed by atoms with van der Waals surface area (Å²) in [5.74, 6) is 1.22. The second kappa shape index (κ2) is 4.22. The van der Waals surface area contributed by atoms with Gasteiger partial charge in [0.15, 0.2) is 0 Å². The first kappa shape index (κ1) is 9.84. The van der Waals surface area contributed by atoms with Gasteiger partial charge in [-0.15, -0.1) is 23.1 Å². The van der Waals surface area contributed by atoms with Crippen LogP contribution in [-0.4, -0.2) is 11.8 Å². The van der Waals surface area contributed by atoms with E-state index in [1.165, 1.54) is 17.1 Å². The zero-order chi connectivity index (χ0) is 9.26. The first-order valence-electron chi connectivity index (χ1n) is 4.42. The summed E-state index contributed by atoms with van der Waals surface area (Å²) in [4.78, 5) is 1.35. The summed E-state index contributed by atoms with van der Waals surface area (Å²) in [5, 5.41) is 4.06. The second-order valence-corrected chi connectivity index (χ2v) is 6.01. The number of halogens is 1. The van der Waals surface area contributed by atoms with Gasteiger partial charge in [-0.25, -0.2) is 0 Å². The van der Waals surface area contributed by atoms with Crippen molar-refractivity contribution >= 4 is 34.7 Å². The van der Waals surface area contributed by atoms with Gasteiger partial charge in [-0.2, -0.15) is 0 Å². The highest BCUT2D eigenvalue weighted by Gasteiger charge is 2.24. The van der Waals surface area contributed by atoms with Crippen molar-refractivity contribution in [3.63, 3.8) is 0 Å². The van der Waals surface area contributed by atoms with E-state index in [2.05, 4.69) is 18.3 Å². The summed E-state index contributed by atoms with van der Waals surface area (Å²) >= 11 is 9.55. The minimum absolute atomic E-state index is 0.474. The third-order valence-corrected chi connectivity index (χ3v) is 4.96. The number of thioether (sulfide) groups is 1. The lowest BCUT2D eigenvalue weighted by Crippen LogP contribution is -2.24. The summed E-state index contributed by atoms with van der Waals surface area (Å²) in [7, 11) is 0. The van der Waals surface area contributed by atoms with Crippen LogP contribution in [-0.2, 0) is 0 Å². The largest absolute Gasteiger partial charge is 0.297 e. The van der Waals surface area contributed by atoms with Crippen molar-refractivity contribution in [2.24, 2.45) is 0 Å². The molecule has 1 saturated heterocycles. The van der Waals surface area contributed by atoms with Crippen molar-refractivity contribution in [1.29, 1.82) is 0 Å². The van der Waals surface area contributed by atoms with Crippen LogP contribution >= 0.6 is 34.7 Å². The Balaban J connectivity index is 2.03. The molecule has 2 unspecified atom stereocenters. The highest BCUT2D eigenvalue weighted by atomic mass is 35.5. The highest BCUT2D eigenvalue weighted by molar-refractivity contribution is 7.99. The molecule has 0 spiro atoms. The molecule has 2 rings (SSSR count). The van der Waals surface area contributed by atoms with Gasteiger partial charge in [0.2, 0.25) is 0 Å². The number of hydrogen-bond donors (Lipinski definition) is 1. The minimum atomic E-state index is 0.474. The van der Waals surface area contributed by atoms with Crippen molar-refractivity contribution < 1.29 is 0 Å². The maximum Gasteiger partial charge on any atom is 0.0932 e. The van der Waals surface area contributed by atoms with Crippen molar-refractivity contribution in [2.45, 2.75) is 24.8 Å². The molecular weight excluding hydrogens is 222 g/mol. The third kappa shape index (κ3) is 2.21. The molecule has 1 N–H and O–H groups in total. The highest BCUT2D eigenvalue weighted by Crippen LogP contribution is 2.38. The molecule has 0 saturated carbocycles. The molecule has 1 aliphatic rings. The Morgan fingerprint density at radius 2 is 2.46 bits per heavy atom. The van der Waals surface area contributed by atoms with Gasteiger partial charge in [-0.1, -0.05) is 18.5 Å². The molecule has 1 aromatic rings. The molecule has 0 radical (unpaired) electrons. The van der Waals surface area contributed by atoms with Crippen molar-refractivity contribution in [2.75, 3.05) is 5.75 Å². The Morgan fingerprint density at radius 1 is 1.62 bits per heavy atom. The van der Waals surface area contributed by atoms with Gasteiger partial charge in [-0.05, 0) is 18.6 Å². The van der Waals surface area contributed by atoms with E-state index in [4.69, 9.17) is 11.6 Å². The minimum Gasteiger partial charge on any atom is -0.297 e. The Labute approximate surface area is 91.9 Å².